The molecule has 8 heteroatoms. The quantitative estimate of drug-likeness (QED) is 0.488. The van der Waals surface area contributed by atoms with Crippen LogP contribution in [0.3, 0.4) is 0 Å². The number of nitrogens with zero attached hydrogens (tertiary/aromatic N) is 2. The SMILES string of the molecule is Cc1ccc(C(=O)NC2CC2)cc1NC(=O)c1cnn2c1[nH]c(=O)c1ccccc12. The molecule has 0 saturated heterocycles. The Morgan fingerprint density at radius 3 is 2.73 bits per heavy atom. The van der Waals surface area contributed by atoms with Crippen LogP contribution >= 0.6 is 0 Å². The van der Waals surface area contributed by atoms with Gasteiger partial charge in [0.15, 0.2) is 0 Å². The molecule has 30 heavy (non-hydrogen) atoms. The van der Waals surface area contributed by atoms with E-state index in [1.54, 1.807) is 36.4 Å². The van der Waals surface area contributed by atoms with Crippen LogP contribution in [-0.2, 0) is 0 Å². The summed E-state index contributed by atoms with van der Waals surface area (Å²) >= 11 is 0. The molecule has 0 unspecified atom stereocenters. The fourth-order valence-corrected chi connectivity index (χ4v) is 3.43. The lowest BCUT2D eigenvalue weighted by atomic mass is 10.1. The maximum Gasteiger partial charge on any atom is 0.261 e. The van der Waals surface area contributed by atoms with Gasteiger partial charge in [0, 0.05) is 17.3 Å². The van der Waals surface area contributed by atoms with Gasteiger partial charge in [0.25, 0.3) is 17.4 Å². The fourth-order valence-electron chi connectivity index (χ4n) is 3.43. The van der Waals surface area contributed by atoms with E-state index in [0.717, 1.165) is 18.4 Å². The number of rotatable bonds is 4. The molecular formula is C22H19N5O3. The maximum absolute atomic E-state index is 13.0. The van der Waals surface area contributed by atoms with Crippen molar-refractivity contribution in [2.24, 2.45) is 0 Å². The summed E-state index contributed by atoms with van der Waals surface area (Å²) in [7, 11) is 0. The lowest BCUT2D eigenvalue weighted by Crippen LogP contribution is -2.25. The second-order valence-electron chi connectivity index (χ2n) is 7.52. The molecule has 5 rings (SSSR count). The summed E-state index contributed by atoms with van der Waals surface area (Å²) in [5.74, 6) is -0.571. The molecule has 0 bridgehead atoms. The van der Waals surface area contributed by atoms with Crippen molar-refractivity contribution in [3.8, 4) is 0 Å². The number of nitrogens with one attached hydrogen (secondary N) is 3. The normalized spacial score (nSPS) is 13.5. The van der Waals surface area contributed by atoms with E-state index in [1.807, 2.05) is 13.0 Å². The summed E-state index contributed by atoms with van der Waals surface area (Å²) in [5.41, 5.74) is 2.73. The molecule has 1 aliphatic rings. The van der Waals surface area contributed by atoms with Crippen molar-refractivity contribution in [2.75, 3.05) is 5.32 Å². The molecule has 2 amide bonds. The number of hydrogen-bond acceptors (Lipinski definition) is 4. The average Bonchev–Trinajstić information content (AvgIpc) is 3.45. The minimum absolute atomic E-state index is 0.153. The number of fused-ring (bicyclic) bond motifs is 3. The Hall–Kier alpha value is -3.94. The predicted octanol–water partition coefficient (Wildman–Crippen LogP) is 2.63. The third-order valence-electron chi connectivity index (χ3n) is 5.28. The Morgan fingerprint density at radius 1 is 1.13 bits per heavy atom. The number of amides is 2. The Labute approximate surface area is 170 Å². The highest BCUT2D eigenvalue weighted by Gasteiger charge is 2.24. The summed E-state index contributed by atoms with van der Waals surface area (Å²) in [5, 5.41) is 10.6. The minimum Gasteiger partial charge on any atom is -0.349 e. The Morgan fingerprint density at radius 2 is 1.93 bits per heavy atom. The van der Waals surface area contributed by atoms with Gasteiger partial charge in [-0.3, -0.25) is 14.4 Å². The first-order chi connectivity index (χ1) is 14.5. The van der Waals surface area contributed by atoms with Crippen LogP contribution in [0.5, 0.6) is 0 Å². The summed E-state index contributed by atoms with van der Waals surface area (Å²) in [6.07, 6.45) is 3.43. The smallest absolute Gasteiger partial charge is 0.261 e. The first-order valence-electron chi connectivity index (χ1n) is 9.73. The zero-order chi connectivity index (χ0) is 20.8. The fraction of sp³-hybridized carbons (Fsp3) is 0.182. The minimum atomic E-state index is -0.418. The zero-order valence-corrected chi connectivity index (χ0v) is 16.2. The summed E-state index contributed by atoms with van der Waals surface area (Å²) in [6.45, 7) is 1.85. The van der Waals surface area contributed by atoms with Gasteiger partial charge in [-0.15, -0.1) is 0 Å². The van der Waals surface area contributed by atoms with Gasteiger partial charge >= 0.3 is 0 Å². The second kappa shape index (κ2) is 6.84. The van der Waals surface area contributed by atoms with E-state index < -0.39 is 5.91 Å². The zero-order valence-electron chi connectivity index (χ0n) is 16.2. The monoisotopic (exact) mass is 401 g/mol. The molecule has 1 saturated carbocycles. The molecule has 0 aliphatic heterocycles. The average molecular weight is 401 g/mol. The van der Waals surface area contributed by atoms with Gasteiger partial charge in [0.05, 0.1) is 17.1 Å². The third-order valence-corrected chi connectivity index (χ3v) is 5.28. The maximum atomic E-state index is 13.0. The topological polar surface area (TPSA) is 108 Å². The van der Waals surface area contributed by atoms with Crippen LogP contribution in [0.1, 0.15) is 39.1 Å². The number of carbonyl (C=O) groups is 2. The molecule has 2 aromatic heterocycles. The van der Waals surface area contributed by atoms with Gasteiger partial charge in [-0.2, -0.15) is 5.10 Å². The van der Waals surface area contributed by atoms with E-state index >= 15 is 0 Å². The van der Waals surface area contributed by atoms with Crippen LogP contribution in [0, 0.1) is 6.92 Å². The number of aryl methyl sites for hydroxylation is 1. The lowest BCUT2D eigenvalue weighted by molar-refractivity contribution is 0.0949. The van der Waals surface area contributed by atoms with Crippen LogP contribution in [0.2, 0.25) is 0 Å². The molecule has 150 valence electrons. The molecule has 0 spiro atoms. The third kappa shape index (κ3) is 3.12. The van der Waals surface area contributed by atoms with E-state index in [2.05, 4.69) is 20.7 Å². The largest absolute Gasteiger partial charge is 0.349 e. The van der Waals surface area contributed by atoms with Crippen LogP contribution in [0.4, 0.5) is 5.69 Å². The molecule has 2 aromatic carbocycles. The molecule has 3 N–H and O–H groups in total. The molecule has 0 atom stereocenters. The van der Waals surface area contributed by atoms with Crippen molar-refractivity contribution in [1.29, 1.82) is 0 Å². The van der Waals surface area contributed by atoms with Gasteiger partial charge in [0.1, 0.15) is 11.2 Å². The number of carbonyl (C=O) groups excluding carboxylic acids is 2. The number of aromatic amines is 1. The van der Waals surface area contributed by atoms with E-state index in [-0.39, 0.29) is 23.1 Å². The number of hydrogen-bond donors (Lipinski definition) is 3. The Balaban J connectivity index is 1.49. The van der Waals surface area contributed by atoms with Gasteiger partial charge in [0.2, 0.25) is 0 Å². The number of anilines is 1. The lowest BCUT2D eigenvalue weighted by Gasteiger charge is -2.10. The van der Waals surface area contributed by atoms with Crippen molar-refractivity contribution >= 4 is 34.1 Å². The van der Waals surface area contributed by atoms with E-state index in [4.69, 9.17) is 0 Å². The van der Waals surface area contributed by atoms with Crippen molar-refractivity contribution in [2.45, 2.75) is 25.8 Å². The molecule has 1 fully saturated rings. The second-order valence-corrected chi connectivity index (χ2v) is 7.52. The van der Waals surface area contributed by atoms with E-state index in [1.165, 1.54) is 10.7 Å². The van der Waals surface area contributed by atoms with Crippen LogP contribution < -0.4 is 16.2 Å². The van der Waals surface area contributed by atoms with Gasteiger partial charge < -0.3 is 15.6 Å². The molecular weight excluding hydrogens is 382 g/mol. The van der Waals surface area contributed by atoms with Gasteiger partial charge in [-0.1, -0.05) is 18.2 Å². The number of aromatic nitrogens is 3. The van der Waals surface area contributed by atoms with Gasteiger partial charge in [-0.05, 0) is 49.6 Å². The summed E-state index contributed by atoms with van der Waals surface area (Å²) in [4.78, 5) is 40.5. The molecule has 4 aromatic rings. The predicted molar refractivity (Wildman–Crippen MR) is 113 cm³/mol. The first kappa shape index (κ1) is 18.1. The van der Waals surface area contributed by atoms with Crippen LogP contribution in [0.25, 0.3) is 16.6 Å². The molecule has 2 heterocycles. The Bertz CT molecular complexity index is 1380. The van der Waals surface area contributed by atoms with E-state index in [9.17, 15) is 14.4 Å². The Kier molecular flexibility index (Phi) is 4.13. The summed E-state index contributed by atoms with van der Waals surface area (Å²) < 4.78 is 1.54. The molecule has 1 aliphatic carbocycles. The van der Waals surface area contributed by atoms with Crippen LogP contribution in [0.15, 0.2) is 53.5 Å². The van der Waals surface area contributed by atoms with Gasteiger partial charge in [-0.25, -0.2) is 4.52 Å². The highest BCUT2D eigenvalue weighted by Crippen LogP contribution is 2.22. The highest BCUT2D eigenvalue weighted by atomic mass is 16.2. The van der Waals surface area contributed by atoms with Crippen molar-refractivity contribution in [3.05, 3.63) is 75.7 Å². The number of benzene rings is 2. The van der Waals surface area contributed by atoms with E-state index in [0.29, 0.717) is 27.8 Å². The van der Waals surface area contributed by atoms with Crippen molar-refractivity contribution in [1.82, 2.24) is 19.9 Å². The number of H-pyrrole nitrogens is 1. The van der Waals surface area contributed by atoms with Crippen molar-refractivity contribution < 1.29 is 9.59 Å². The van der Waals surface area contributed by atoms with Crippen molar-refractivity contribution in [3.63, 3.8) is 0 Å². The number of para-hydroxylation sites is 1. The first-order valence-corrected chi connectivity index (χ1v) is 9.73. The molecule has 0 radical (unpaired) electrons. The summed E-state index contributed by atoms with van der Waals surface area (Å²) in [6, 6.07) is 12.5. The standard InChI is InChI=1S/C22H19N5O3/c1-12-6-7-13(20(28)24-14-8-9-14)10-17(12)25-22(30)16-11-23-27-18-5-3-2-4-15(18)21(29)26-19(16)27/h2-7,10-11,14H,8-9H2,1H3,(H,24,28)(H,25,30)(H,26,29). The van der Waals surface area contributed by atoms with Crippen LogP contribution in [-0.4, -0.2) is 32.5 Å². The highest BCUT2D eigenvalue weighted by molar-refractivity contribution is 6.09. The molecule has 8 nitrogen and oxygen atoms in total.